The van der Waals surface area contributed by atoms with Crippen molar-refractivity contribution in [3.05, 3.63) is 29.1 Å². The van der Waals surface area contributed by atoms with Crippen LogP contribution in [0.4, 0.5) is 5.95 Å². The predicted molar refractivity (Wildman–Crippen MR) is 67.3 cm³/mol. The van der Waals surface area contributed by atoms with E-state index in [2.05, 4.69) is 25.2 Å². The van der Waals surface area contributed by atoms with Crippen LogP contribution in [-0.4, -0.2) is 33.0 Å². The average molecular weight is 244 g/mol. The van der Waals surface area contributed by atoms with Crippen LogP contribution in [0.1, 0.15) is 22.8 Å². The van der Waals surface area contributed by atoms with Crippen molar-refractivity contribution in [2.45, 2.75) is 25.9 Å². The Labute approximate surface area is 105 Å². The molecule has 4 heterocycles. The van der Waals surface area contributed by atoms with Crippen molar-refractivity contribution < 1.29 is 0 Å². The van der Waals surface area contributed by atoms with Crippen molar-refractivity contribution >= 4 is 5.95 Å². The molecule has 0 saturated carbocycles. The molecule has 0 aromatic carbocycles. The number of hydrogen-bond acceptors (Lipinski definition) is 4. The first-order valence-electron chi connectivity index (χ1n) is 6.45. The van der Waals surface area contributed by atoms with E-state index in [1.165, 1.54) is 22.8 Å². The van der Waals surface area contributed by atoms with Crippen molar-refractivity contribution in [1.82, 2.24) is 25.3 Å². The minimum atomic E-state index is 0.870. The summed E-state index contributed by atoms with van der Waals surface area (Å²) in [5.41, 5.74) is 4.88. The van der Waals surface area contributed by atoms with Gasteiger partial charge in [0.2, 0.25) is 5.95 Å². The molecule has 2 aromatic heterocycles. The Morgan fingerprint density at radius 1 is 1.17 bits per heavy atom. The van der Waals surface area contributed by atoms with Crippen molar-refractivity contribution in [2.24, 2.45) is 0 Å². The normalized spacial score (nSPS) is 18.6. The number of aromatic nitrogens is 4. The first-order chi connectivity index (χ1) is 8.90. The van der Waals surface area contributed by atoms with Gasteiger partial charge in [0.05, 0.1) is 30.0 Å². The average Bonchev–Trinajstić information content (AvgIpc) is 3.04. The van der Waals surface area contributed by atoms with Gasteiger partial charge >= 0.3 is 0 Å². The fourth-order valence-corrected chi connectivity index (χ4v) is 2.75. The summed E-state index contributed by atoms with van der Waals surface area (Å²) in [6.07, 6.45) is 3.82. The summed E-state index contributed by atoms with van der Waals surface area (Å²) in [5, 5.41) is 3.35. The Kier molecular flexibility index (Phi) is 2.16. The van der Waals surface area contributed by atoms with Gasteiger partial charge in [0.1, 0.15) is 0 Å². The topological polar surface area (TPSA) is 72.6 Å². The van der Waals surface area contributed by atoms with E-state index in [1.54, 1.807) is 6.33 Å². The summed E-state index contributed by atoms with van der Waals surface area (Å²) < 4.78 is 0. The van der Waals surface area contributed by atoms with Gasteiger partial charge in [-0.15, -0.1) is 0 Å². The highest BCUT2D eigenvalue weighted by molar-refractivity contribution is 5.39. The molecule has 0 aliphatic carbocycles. The largest absolute Gasteiger partial charge is 0.347 e. The van der Waals surface area contributed by atoms with Crippen LogP contribution in [-0.2, 0) is 25.9 Å². The van der Waals surface area contributed by atoms with Crippen molar-refractivity contribution in [3.63, 3.8) is 0 Å². The van der Waals surface area contributed by atoms with E-state index in [1.807, 2.05) is 0 Å². The number of hydrogen-bond donors (Lipinski definition) is 3. The van der Waals surface area contributed by atoms with E-state index in [0.29, 0.717) is 0 Å². The van der Waals surface area contributed by atoms with Crippen LogP contribution in [0.3, 0.4) is 0 Å². The lowest BCUT2D eigenvalue weighted by molar-refractivity contribution is 0.627. The van der Waals surface area contributed by atoms with Gasteiger partial charge in [0.25, 0.3) is 0 Å². The van der Waals surface area contributed by atoms with Gasteiger partial charge in [-0.1, -0.05) is 0 Å². The highest BCUT2D eigenvalue weighted by Crippen LogP contribution is 2.22. The summed E-state index contributed by atoms with van der Waals surface area (Å²) in [6, 6.07) is 0. The molecule has 0 saturated heterocycles. The number of aromatic amines is 2. The zero-order chi connectivity index (χ0) is 11.9. The number of nitrogens with one attached hydrogen (secondary N) is 3. The van der Waals surface area contributed by atoms with Crippen LogP contribution in [0.25, 0.3) is 0 Å². The lowest BCUT2D eigenvalue weighted by Gasteiger charge is -2.25. The van der Waals surface area contributed by atoms with E-state index in [4.69, 9.17) is 4.98 Å². The zero-order valence-corrected chi connectivity index (χ0v) is 10.2. The molecule has 3 N–H and O–H groups in total. The van der Waals surface area contributed by atoms with Crippen molar-refractivity contribution in [3.8, 4) is 0 Å². The van der Waals surface area contributed by atoms with Gasteiger partial charge < -0.3 is 20.2 Å². The molecule has 0 unspecified atom stereocenters. The molecule has 2 aromatic rings. The number of rotatable bonds is 1. The van der Waals surface area contributed by atoms with Crippen LogP contribution in [0.5, 0.6) is 0 Å². The maximum absolute atomic E-state index is 4.71. The second-order valence-electron chi connectivity index (χ2n) is 4.91. The highest BCUT2D eigenvalue weighted by atomic mass is 15.3. The third-order valence-corrected chi connectivity index (χ3v) is 3.77. The summed E-state index contributed by atoms with van der Waals surface area (Å²) in [7, 11) is 0. The standard InChI is InChI=1S/C12H16N6/c1-3-13-5-10-9(1)16-12(17-10)18-4-2-8-11(6-18)15-7-14-8/h7,13H,1-6H2,(H,14,15)(H,16,17). The summed E-state index contributed by atoms with van der Waals surface area (Å²) >= 11 is 0. The zero-order valence-electron chi connectivity index (χ0n) is 10.2. The summed E-state index contributed by atoms with van der Waals surface area (Å²) in [6.45, 7) is 3.78. The van der Waals surface area contributed by atoms with Gasteiger partial charge in [0, 0.05) is 38.2 Å². The monoisotopic (exact) mass is 244 g/mol. The van der Waals surface area contributed by atoms with Gasteiger partial charge in [-0.3, -0.25) is 0 Å². The van der Waals surface area contributed by atoms with E-state index in [-0.39, 0.29) is 0 Å². The number of anilines is 1. The minimum absolute atomic E-state index is 0.870. The molecular weight excluding hydrogens is 228 g/mol. The van der Waals surface area contributed by atoms with E-state index in [9.17, 15) is 0 Å². The molecular formula is C12H16N6. The van der Waals surface area contributed by atoms with E-state index >= 15 is 0 Å². The highest BCUT2D eigenvalue weighted by Gasteiger charge is 2.22. The molecule has 2 aliphatic rings. The number of fused-ring (bicyclic) bond motifs is 2. The molecule has 0 spiro atoms. The number of imidazole rings is 2. The fraction of sp³-hybridized carbons (Fsp3) is 0.500. The van der Waals surface area contributed by atoms with Crippen molar-refractivity contribution in [2.75, 3.05) is 18.0 Å². The molecule has 0 atom stereocenters. The smallest absolute Gasteiger partial charge is 0.203 e. The van der Waals surface area contributed by atoms with Crippen LogP contribution in [0, 0.1) is 0 Å². The number of H-pyrrole nitrogens is 2. The first-order valence-corrected chi connectivity index (χ1v) is 6.45. The van der Waals surface area contributed by atoms with Gasteiger partial charge in [-0.05, 0) is 0 Å². The molecule has 0 radical (unpaired) electrons. The third-order valence-electron chi connectivity index (χ3n) is 3.77. The van der Waals surface area contributed by atoms with Gasteiger partial charge in [0.15, 0.2) is 0 Å². The Morgan fingerprint density at radius 3 is 3.11 bits per heavy atom. The van der Waals surface area contributed by atoms with Crippen LogP contribution in [0.2, 0.25) is 0 Å². The molecule has 6 heteroatoms. The molecule has 0 bridgehead atoms. The van der Waals surface area contributed by atoms with Gasteiger partial charge in [-0.25, -0.2) is 9.97 Å². The Hall–Kier alpha value is -1.82. The Morgan fingerprint density at radius 2 is 2.17 bits per heavy atom. The van der Waals surface area contributed by atoms with E-state index in [0.717, 1.165) is 45.0 Å². The molecule has 6 nitrogen and oxygen atoms in total. The van der Waals surface area contributed by atoms with Crippen LogP contribution >= 0.6 is 0 Å². The SMILES string of the molecule is c1nc2c([nH]1)CN(c1nc3c([nH]1)CCNC3)CC2. The Balaban J connectivity index is 1.62. The lowest BCUT2D eigenvalue weighted by atomic mass is 10.1. The quantitative estimate of drug-likeness (QED) is 0.676. The maximum atomic E-state index is 4.71. The van der Waals surface area contributed by atoms with Gasteiger partial charge in [-0.2, -0.15) is 0 Å². The second-order valence-corrected chi connectivity index (χ2v) is 4.91. The second kappa shape index (κ2) is 3.84. The molecule has 94 valence electrons. The van der Waals surface area contributed by atoms with Crippen LogP contribution < -0.4 is 10.2 Å². The third kappa shape index (κ3) is 1.53. The molecule has 4 rings (SSSR count). The lowest BCUT2D eigenvalue weighted by Crippen LogP contribution is -2.31. The first kappa shape index (κ1) is 10.1. The molecule has 2 aliphatic heterocycles. The summed E-state index contributed by atoms with van der Waals surface area (Å²) in [4.78, 5) is 18.0. The summed E-state index contributed by atoms with van der Waals surface area (Å²) in [5.74, 6) is 1.00. The molecule has 0 fully saturated rings. The Bertz CT molecular complexity index is 545. The number of nitrogens with zero attached hydrogens (tertiary/aromatic N) is 3. The predicted octanol–water partition coefficient (Wildman–Crippen LogP) is 0.341. The van der Waals surface area contributed by atoms with Crippen molar-refractivity contribution in [1.29, 1.82) is 0 Å². The maximum Gasteiger partial charge on any atom is 0.203 e. The molecule has 0 amide bonds. The fourth-order valence-electron chi connectivity index (χ4n) is 2.75. The minimum Gasteiger partial charge on any atom is -0.347 e. The van der Waals surface area contributed by atoms with E-state index < -0.39 is 0 Å². The van der Waals surface area contributed by atoms with Crippen LogP contribution in [0.15, 0.2) is 6.33 Å². The molecule has 18 heavy (non-hydrogen) atoms.